The van der Waals surface area contributed by atoms with E-state index in [1.165, 1.54) is 12.3 Å². The van der Waals surface area contributed by atoms with Gasteiger partial charge >= 0.3 is 0 Å². The van der Waals surface area contributed by atoms with Crippen molar-refractivity contribution >= 4 is 43.2 Å². The van der Waals surface area contributed by atoms with Gasteiger partial charge in [-0.1, -0.05) is 27.5 Å². The van der Waals surface area contributed by atoms with Gasteiger partial charge in [0.25, 0.3) is 10.0 Å². The van der Waals surface area contributed by atoms with Gasteiger partial charge in [-0.2, -0.15) is 0 Å². The molecule has 0 bridgehead atoms. The van der Waals surface area contributed by atoms with E-state index in [2.05, 4.69) is 25.6 Å². The van der Waals surface area contributed by atoms with Crippen LogP contribution in [0.4, 0.5) is 5.69 Å². The summed E-state index contributed by atoms with van der Waals surface area (Å²) in [5.41, 5.74) is -0.396. The molecule has 1 aromatic carbocycles. The summed E-state index contributed by atoms with van der Waals surface area (Å²) < 4.78 is 27.1. The molecule has 8 heteroatoms. The number of hydrogen-bond acceptors (Lipinski definition) is 3. The van der Waals surface area contributed by atoms with E-state index in [9.17, 15) is 13.2 Å². The SMILES string of the molecule is O=c1cc[nH]cc1S(=O)(=O)Nc1ccc(Br)cc1Cl. The van der Waals surface area contributed by atoms with Crippen molar-refractivity contribution in [2.24, 2.45) is 0 Å². The van der Waals surface area contributed by atoms with Crippen LogP contribution in [0.1, 0.15) is 0 Å². The van der Waals surface area contributed by atoms with Crippen LogP contribution in [0.2, 0.25) is 5.02 Å². The molecule has 2 rings (SSSR count). The van der Waals surface area contributed by atoms with Crippen LogP contribution >= 0.6 is 27.5 Å². The number of rotatable bonds is 3. The van der Waals surface area contributed by atoms with Crippen LogP contribution in [0, 0.1) is 0 Å². The summed E-state index contributed by atoms with van der Waals surface area (Å²) in [4.78, 5) is 13.7. The molecule has 5 nitrogen and oxygen atoms in total. The molecule has 0 spiro atoms. The topological polar surface area (TPSA) is 79.0 Å². The van der Waals surface area contributed by atoms with Gasteiger partial charge in [0.1, 0.15) is 0 Å². The summed E-state index contributed by atoms with van der Waals surface area (Å²) in [6.45, 7) is 0. The molecule has 0 fully saturated rings. The van der Waals surface area contributed by atoms with Crippen LogP contribution < -0.4 is 10.2 Å². The Balaban J connectivity index is 2.43. The lowest BCUT2D eigenvalue weighted by atomic mass is 10.3. The molecule has 100 valence electrons. The molecular formula is C11H8BrClN2O3S. The van der Waals surface area contributed by atoms with Gasteiger partial charge in [0.05, 0.1) is 10.7 Å². The van der Waals surface area contributed by atoms with E-state index in [-0.39, 0.29) is 15.6 Å². The molecule has 0 saturated carbocycles. The minimum Gasteiger partial charge on any atom is -0.366 e. The monoisotopic (exact) mass is 362 g/mol. The van der Waals surface area contributed by atoms with Crippen LogP contribution in [0.25, 0.3) is 0 Å². The van der Waals surface area contributed by atoms with Crippen LogP contribution in [0.5, 0.6) is 0 Å². The zero-order valence-electron chi connectivity index (χ0n) is 9.35. The van der Waals surface area contributed by atoms with Crippen molar-refractivity contribution in [3.05, 3.63) is 56.4 Å². The lowest BCUT2D eigenvalue weighted by Crippen LogP contribution is -2.21. The van der Waals surface area contributed by atoms with E-state index < -0.39 is 15.5 Å². The fourth-order valence-corrected chi connectivity index (χ4v) is 3.29. The molecule has 0 amide bonds. The highest BCUT2D eigenvalue weighted by Crippen LogP contribution is 2.27. The minimum atomic E-state index is -3.97. The van der Waals surface area contributed by atoms with E-state index in [1.807, 2.05) is 0 Å². The van der Waals surface area contributed by atoms with E-state index in [4.69, 9.17) is 11.6 Å². The summed E-state index contributed by atoms with van der Waals surface area (Å²) in [5.74, 6) is 0. The highest BCUT2D eigenvalue weighted by atomic mass is 79.9. The third kappa shape index (κ3) is 3.17. The van der Waals surface area contributed by atoms with Crippen molar-refractivity contribution in [2.75, 3.05) is 4.72 Å². The summed E-state index contributed by atoms with van der Waals surface area (Å²) in [6, 6.07) is 5.83. The molecule has 0 radical (unpaired) electrons. The second kappa shape index (κ2) is 5.36. The summed E-state index contributed by atoms with van der Waals surface area (Å²) in [5, 5.41) is 0.227. The summed E-state index contributed by atoms with van der Waals surface area (Å²) in [7, 11) is -3.97. The number of aromatic nitrogens is 1. The molecule has 0 aliphatic heterocycles. The second-order valence-electron chi connectivity index (χ2n) is 3.60. The van der Waals surface area contributed by atoms with Crippen molar-refractivity contribution < 1.29 is 8.42 Å². The Hall–Kier alpha value is -1.31. The Morgan fingerprint density at radius 1 is 1.26 bits per heavy atom. The van der Waals surface area contributed by atoms with Crippen LogP contribution in [0.15, 0.2) is 50.8 Å². The maximum absolute atomic E-state index is 12.1. The molecule has 0 saturated heterocycles. The van der Waals surface area contributed by atoms with E-state index in [0.29, 0.717) is 0 Å². The average Bonchev–Trinajstić information content (AvgIpc) is 2.33. The molecule has 2 N–H and O–H groups in total. The zero-order chi connectivity index (χ0) is 14.0. The highest BCUT2D eigenvalue weighted by molar-refractivity contribution is 9.10. The molecule has 0 unspecified atom stereocenters. The normalized spacial score (nSPS) is 11.3. The molecule has 0 aliphatic carbocycles. The fraction of sp³-hybridized carbons (Fsp3) is 0. The number of sulfonamides is 1. The maximum Gasteiger partial charge on any atom is 0.267 e. The van der Waals surface area contributed by atoms with Gasteiger partial charge in [0.2, 0.25) is 5.43 Å². The Bertz CT molecular complexity index is 774. The maximum atomic E-state index is 12.1. The van der Waals surface area contributed by atoms with Gasteiger partial charge in [0, 0.05) is 22.9 Å². The molecule has 0 aliphatic rings. The number of aromatic amines is 1. The molecule has 19 heavy (non-hydrogen) atoms. The first-order valence-corrected chi connectivity index (χ1v) is 7.70. The van der Waals surface area contributed by atoms with Gasteiger partial charge in [-0.3, -0.25) is 9.52 Å². The average molecular weight is 364 g/mol. The first-order valence-electron chi connectivity index (χ1n) is 5.05. The predicted molar refractivity (Wildman–Crippen MR) is 77.0 cm³/mol. The minimum absolute atomic E-state index is 0.202. The summed E-state index contributed by atoms with van der Waals surface area (Å²) >= 11 is 9.14. The number of benzene rings is 1. The van der Waals surface area contributed by atoms with Gasteiger partial charge in [-0.15, -0.1) is 0 Å². The Labute approximate surface area is 122 Å². The van der Waals surface area contributed by atoms with E-state index >= 15 is 0 Å². The third-order valence-electron chi connectivity index (χ3n) is 2.25. The van der Waals surface area contributed by atoms with Crippen molar-refractivity contribution in [1.29, 1.82) is 0 Å². The summed E-state index contributed by atoms with van der Waals surface area (Å²) in [6.07, 6.45) is 2.48. The molecule has 0 atom stereocenters. The molecule has 1 heterocycles. The Kier molecular flexibility index (Phi) is 3.98. The molecular weight excluding hydrogens is 356 g/mol. The van der Waals surface area contributed by atoms with Crippen molar-refractivity contribution in [3.63, 3.8) is 0 Å². The van der Waals surface area contributed by atoms with Crippen LogP contribution in [-0.4, -0.2) is 13.4 Å². The van der Waals surface area contributed by atoms with Crippen LogP contribution in [-0.2, 0) is 10.0 Å². The number of hydrogen-bond donors (Lipinski definition) is 2. The van der Waals surface area contributed by atoms with Gasteiger partial charge in [-0.05, 0) is 18.2 Å². The molecule has 1 aromatic heterocycles. The van der Waals surface area contributed by atoms with Gasteiger partial charge in [-0.25, -0.2) is 8.42 Å². The quantitative estimate of drug-likeness (QED) is 0.880. The van der Waals surface area contributed by atoms with E-state index in [1.54, 1.807) is 12.1 Å². The Morgan fingerprint density at radius 2 is 2.00 bits per heavy atom. The van der Waals surface area contributed by atoms with Gasteiger partial charge in [0.15, 0.2) is 4.90 Å². The second-order valence-corrected chi connectivity index (χ2v) is 6.58. The number of anilines is 1. The van der Waals surface area contributed by atoms with Crippen molar-refractivity contribution in [3.8, 4) is 0 Å². The largest absolute Gasteiger partial charge is 0.366 e. The molecule has 2 aromatic rings. The predicted octanol–water partition coefficient (Wildman–Crippen LogP) is 2.59. The first kappa shape index (κ1) is 14.1. The van der Waals surface area contributed by atoms with E-state index in [0.717, 1.165) is 16.7 Å². The number of pyridine rings is 1. The van der Waals surface area contributed by atoms with Crippen molar-refractivity contribution in [2.45, 2.75) is 4.90 Å². The smallest absolute Gasteiger partial charge is 0.267 e. The number of nitrogens with one attached hydrogen (secondary N) is 2. The first-order chi connectivity index (χ1) is 8.90. The Morgan fingerprint density at radius 3 is 2.63 bits per heavy atom. The third-order valence-corrected chi connectivity index (χ3v) is 4.45. The number of H-pyrrole nitrogens is 1. The highest BCUT2D eigenvalue weighted by Gasteiger charge is 2.18. The zero-order valence-corrected chi connectivity index (χ0v) is 12.5. The van der Waals surface area contributed by atoms with Crippen molar-refractivity contribution in [1.82, 2.24) is 4.98 Å². The van der Waals surface area contributed by atoms with Gasteiger partial charge < -0.3 is 4.98 Å². The number of halogens is 2. The fourth-order valence-electron chi connectivity index (χ4n) is 1.38. The lowest BCUT2D eigenvalue weighted by molar-refractivity contribution is 0.600. The standard InChI is InChI=1S/C11H8BrClN2O3S/c12-7-1-2-9(8(13)5-7)15-19(17,18)11-6-14-4-3-10(11)16/h1-6,15H,(H,14,16). The lowest BCUT2D eigenvalue weighted by Gasteiger charge is -2.09. The van der Waals surface area contributed by atoms with Crippen LogP contribution in [0.3, 0.4) is 0 Å².